The molecule has 0 unspecified atom stereocenters. The number of carbonyl (C=O) groups excluding carboxylic acids is 1. The van der Waals surface area contributed by atoms with Crippen molar-refractivity contribution in [1.82, 2.24) is 9.78 Å². The highest BCUT2D eigenvalue weighted by atomic mass is 16.5. The van der Waals surface area contributed by atoms with Crippen LogP contribution in [0.2, 0.25) is 0 Å². The fraction of sp³-hybridized carbons (Fsp3) is 0.500. The highest BCUT2D eigenvalue weighted by Gasteiger charge is 2.29. The molecule has 6 nitrogen and oxygen atoms in total. The molecule has 1 N–H and O–H groups in total. The molecule has 1 heterocycles. The zero-order chi connectivity index (χ0) is 21.3. The number of rotatable bonds is 4. The first-order chi connectivity index (χ1) is 12.9. The van der Waals surface area contributed by atoms with E-state index < -0.39 is 22.7 Å². The van der Waals surface area contributed by atoms with Crippen LogP contribution in [0.3, 0.4) is 0 Å². The quantitative estimate of drug-likeness (QED) is 0.809. The van der Waals surface area contributed by atoms with Crippen LogP contribution in [0.5, 0.6) is 5.75 Å². The van der Waals surface area contributed by atoms with Gasteiger partial charge in [-0.05, 0) is 23.5 Å². The van der Waals surface area contributed by atoms with Gasteiger partial charge in [0.15, 0.2) is 11.3 Å². The lowest BCUT2D eigenvalue weighted by atomic mass is 9.87. The third kappa shape index (κ3) is 4.61. The van der Waals surface area contributed by atoms with E-state index >= 15 is 0 Å². The Balaban J connectivity index is 2.56. The zero-order valence-corrected chi connectivity index (χ0v) is 17.8. The summed E-state index contributed by atoms with van der Waals surface area (Å²) in [5, 5.41) is 14.9. The number of ether oxygens (including phenoxy) is 1. The number of hydrogen-bond donors (Lipinski definition) is 1. The Labute approximate surface area is 166 Å². The molecule has 6 heteroatoms. The van der Waals surface area contributed by atoms with Crippen LogP contribution in [-0.4, -0.2) is 27.5 Å². The second-order valence-electron chi connectivity index (χ2n) is 8.95. The zero-order valence-electron chi connectivity index (χ0n) is 17.8. The number of carbonyl (C=O) groups is 1. The number of nitrogens with zero attached hydrogens (tertiary/aromatic N) is 2. The molecule has 1 aromatic carbocycles. The van der Waals surface area contributed by atoms with Gasteiger partial charge in [0.1, 0.15) is 5.69 Å². The van der Waals surface area contributed by atoms with E-state index in [-0.39, 0.29) is 29.8 Å². The van der Waals surface area contributed by atoms with Crippen LogP contribution in [0.25, 0.3) is 0 Å². The maximum atomic E-state index is 12.9. The monoisotopic (exact) mass is 386 g/mol. The molecule has 0 aliphatic rings. The predicted molar refractivity (Wildman–Crippen MR) is 109 cm³/mol. The molecule has 0 fully saturated rings. The third-order valence-electron chi connectivity index (χ3n) is 4.47. The summed E-state index contributed by atoms with van der Waals surface area (Å²) < 4.78 is 6.20. The summed E-state index contributed by atoms with van der Waals surface area (Å²) in [6.07, 6.45) is 0. The maximum absolute atomic E-state index is 12.9. The number of benzene rings is 1. The molecule has 0 saturated heterocycles. The smallest absolute Gasteiger partial charge is 0.347 e. The fourth-order valence-corrected chi connectivity index (χ4v) is 2.84. The van der Waals surface area contributed by atoms with Gasteiger partial charge in [-0.15, -0.1) is 0 Å². The first-order valence-electron chi connectivity index (χ1n) is 9.47. The average Bonchev–Trinajstić information content (AvgIpc) is 2.56. The summed E-state index contributed by atoms with van der Waals surface area (Å²) >= 11 is 0. The van der Waals surface area contributed by atoms with Crippen molar-refractivity contribution in [3.63, 3.8) is 0 Å². The molecule has 0 spiro atoms. The largest absolute Gasteiger partial charge is 0.505 e. The minimum Gasteiger partial charge on any atom is -0.505 e. The van der Waals surface area contributed by atoms with Gasteiger partial charge >= 0.3 is 5.97 Å². The van der Waals surface area contributed by atoms with Crippen LogP contribution < -0.4 is 5.56 Å². The number of aromatic hydroxyl groups is 1. The number of esters is 1. The van der Waals surface area contributed by atoms with Crippen LogP contribution >= 0.6 is 0 Å². The molecule has 1 aromatic heterocycles. The van der Waals surface area contributed by atoms with Crippen molar-refractivity contribution in [3.8, 4) is 5.75 Å². The molecule has 0 aliphatic heterocycles. The highest BCUT2D eigenvalue weighted by molar-refractivity contribution is 5.92. The molecule has 0 amide bonds. The Morgan fingerprint density at radius 1 is 1.07 bits per heavy atom. The highest BCUT2D eigenvalue weighted by Crippen LogP contribution is 2.30. The topological polar surface area (TPSA) is 81.4 Å². The van der Waals surface area contributed by atoms with E-state index in [2.05, 4.69) is 25.9 Å². The molecule has 0 bridgehead atoms. The second-order valence-corrected chi connectivity index (χ2v) is 8.95. The second kappa shape index (κ2) is 7.78. The Kier molecular flexibility index (Phi) is 6.02. The van der Waals surface area contributed by atoms with Gasteiger partial charge in [0.25, 0.3) is 5.56 Å². The van der Waals surface area contributed by atoms with Crippen molar-refractivity contribution in [1.29, 1.82) is 0 Å². The molecule has 2 aromatic rings. The lowest BCUT2D eigenvalue weighted by molar-refractivity contribution is 0.0518. The standard InChI is InChI=1S/C22H30N2O4/c1-8-28-20(27)16-17(25)18(22(5,6)7)23-24(19(16)26)13-14-9-11-15(12-10-14)21(2,3)4/h9-12,25H,8,13H2,1-7H3. The number of aromatic nitrogens is 2. The van der Waals surface area contributed by atoms with E-state index in [1.54, 1.807) is 6.92 Å². The van der Waals surface area contributed by atoms with Crippen molar-refractivity contribution in [3.05, 3.63) is 57.0 Å². The van der Waals surface area contributed by atoms with E-state index in [1.165, 1.54) is 10.2 Å². The summed E-state index contributed by atoms with van der Waals surface area (Å²) in [7, 11) is 0. The summed E-state index contributed by atoms with van der Waals surface area (Å²) in [6.45, 7) is 13.9. The maximum Gasteiger partial charge on any atom is 0.347 e. The van der Waals surface area contributed by atoms with Crippen LogP contribution in [0.1, 0.15) is 75.6 Å². The lowest BCUT2D eigenvalue weighted by Crippen LogP contribution is -2.33. The van der Waals surface area contributed by atoms with Gasteiger partial charge in [-0.3, -0.25) is 4.79 Å². The third-order valence-corrected chi connectivity index (χ3v) is 4.47. The Bertz CT molecular complexity index is 914. The van der Waals surface area contributed by atoms with Gasteiger partial charge in [0.05, 0.1) is 13.2 Å². The predicted octanol–water partition coefficient (Wildman–Crippen LogP) is 3.77. The molecule has 0 radical (unpaired) electrons. The van der Waals surface area contributed by atoms with Crippen LogP contribution in [0.15, 0.2) is 29.1 Å². The van der Waals surface area contributed by atoms with Crippen molar-refractivity contribution in [2.75, 3.05) is 6.61 Å². The van der Waals surface area contributed by atoms with Gasteiger partial charge in [-0.2, -0.15) is 5.10 Å². The minimum absolute atomic E-state index is 0.0304. The van der Waals surface area contributed by atoms with Crippen LogP contribution in [0.4, 0.5) is 0 Å². The molecule has 152 valence electrons. The summed E-state index contributed by atoms with van der Waals surface area (Å²) in [5.74, 6) is -1.25. The first-order valence-corrected chi connectivity index (χ1v) is 9.47. The van der Waals surface area contributed by atoms with Gasteiger partial charge in [-0.1, -0.05) is 65.8 Å². The molecule has 0 atom stereocenters. The number of hydrogen-bond acceptors (Lipinski definition) is 5. The van der Waals surface area contributed by atoms with E-state index in [1.807, 2.05) is 45.0 Å². The SMILES string of the molecule is CCOC(=O)c1c(O)c(C(C)(C)C)nn(Cc2ccc(C(C)(C)C)cc2)c1=O. The van der Waals surface area contributed by atoms with E-state index in [9.17, 15) is 14.7 Å². The van der Waals surface area contributed by atoms with Gasteiger partial charge in [-0.25, -0.2) is 9.48 Å². The fourth-order valence-electron chi connectivity index (χ4n) is 2.84. The van der Waals surface area contributed by atoms with Crippen molar-refractivity contribution in [2.45, 2.75) is 65.8 Å². The van der Waals surface area contributed by atoms with Crippen LogP contribution in [0, 0.1) is 0 Å². The molecule has 28 heavy (non-hydrogen) atoms. The van der Waals surface area contributed by atoms with Crippen LogP contribution in [-0.2, 0) is 22.1 Å². The van der Waals surface area contributed by atoms with Crippen molar-refractivity contribution >= 4 is 5.97 Å². The Morgan fingerprint density at radius 2 is 1.64 bits per heavy atom. The van der Waals surface area contributed by atoms with Gasteiger partial charge in [0, 0.05) is 5.41 Å². The van der Waals surface area contributed by atoms with Gasteiger partial charge < -0.3 is 9.84 Å². The van der Waals surface area contributed by atoms with E-state index in [0.717, 1.165) is 5.56 Å². The Hall–Kier alpha value is -2.63. The average molecular weight is 386 g/mol. The first kappa shape index (κ1) is 21.7. The summed E-state index contributed by atoms with van der Waals surface area (Å²) in [6, 6.07) is 7.94. The lowest BCUT2D eigenvalue weighted by Gasteiger charge is -2.22. The summed E-state index contributed by atoms with van der Waals surface area (Å²) in [4.78, 5) is 25.2. The molecular weight excluding hydrogens is 356 g/mol. The van der Waals surface area contributed by atoms with E-state index in [0.29, 0.717) is 0 Å². The van der Waals surface area contributed by atoms with E-state index in [4.69, 9.17) is 4.74 Å². The molecule has 2 rings (SSSR count). The Morgan fingerprint density at radius 3 is 2.11 bits per heavy atom. The van der Waals surface area contributed by atoms with Gasteiger partial charge in [0.2, 0.25) is 0 Å². The van der Waals surface area contributed by atoms with Crippen molar-refractivity contribution in [2.24, 2.45) is 0 Å². The summed E-state index contributed by atoms with van der Waals surface area (Å²) in [5.41, 5.74) is 0.783. The molecular formula is C22H30N2O4. The minimum atomic E-state index is -0.838. The van der Waals surface area contributed by atoms with Crippen molar-refractivity contribution < 1.29 is 14.6 Å². The molecule has 0 saturated carbocycles. The molecule has 0 aliphatic carbocycles. The normalized spacial score (nSPS) is 12.1.